The Morgan fingerprint density at radius 2 is 2.05 bits per heavy atom. The number of carbonyl (C=O) groups is 1. The molecule has 5 heteroatoms. The van der Waals surface area contributed by atoms with Gasteiger partial charge in [-0.25, -0.2) is 0 Å². The molecule has 0 radical (unpaired) electrons. The first-order chi connectivity index (χ1) is 10.7. The van der Waals surface area contributed by atoms with Crippen LogP contribution in [0.15, 0.2) is 35.4 Å². The molecule has 1 saturated heterocycles. The maximum Gasteiger partial charge on any atom is 0.235 e. The third-order valence-electron chi connectivity index (χ3n) is 4.38. The second-order valence-corrected chi connectivity index (χ2v) is 5.86. The molecule has 1 aromatic carbocycles. The number of benzene rings is 1. The Balaban J connectivity index is 2.36. The summed E-state index contributed by atoms with van der Waals surface area (Å²) in [5.74, 6) is 5.40. The van der Waals surface area contributed by atoms with E-state index < -0.39 is 5.41 Å². The number of nitrogens with zero attached hydrogens (tertiary/aromatic N) is 2. The van der Waals surface area contributed by atoms with E-state index in [0.29, 0.717) is 6.54 Å². The summed E-state index contributed by atoms with van der Waals surface area (Å²) in [4.78, 5) is 15.3. The van der Waals surface area contributed by atoms with Gasteiger partial charge in [0.1, 0.15) is 6.34 Å². The number of nitrogens with one attached hydrogen (secondary N) is 1. The van der Waals surface area contributed by atoms with Crippen LogP contribution in [0, 0.1) is 0 Å². The SMILES string of the molecule is CCCC(CNC=NN)(C(=O)N1CCCC1)c1ccccc1. The summed E-state index contributed by atoms with van der Waals surface area (Å²) in [6.45, 7) is 4.36. The smallest absolute Gasteiger partial charge is 0.235 e. The monoisotopic (exact) mass is 302 g/mol. The molecule has 22 heavy (non-hydrogen) atoms. The van der Waals surface area contributed by atoms with E-state index >= 15 is 0 Å². The molecular weight excluding hydrogens is 276 g/mol. The molecule has 0 spiro atoms. The molecule has 1 amide bonds. The Kier molecular flexibility index (Phi) is 5.81. The van der Waals surface area contributed by atoms with E-state index in [0.717, 1.165) is 44.3 Å². The minimum Gasteiger partial charge on any atom is -0.373 e. The van der Waals surface area contributed by atoms with Crippen molar-refractivity contribution in [2.24, 2.45) is 10.9 Å². The molecule has 2 rings (SSSR count). The number of amides is 1. The number of hydrogen-bond donors (Lipinski definition) is 2. The molecule has 1 aliphatic rings. The van der Waals surface area contributed by atoms with Gasteiger partial charge < -0.3 is 16.1 Å². The average Bonchev–Trinajstić information content (AvgIpc) is 3.09. The molecule has 1 aliphatic heterocycles. The van der Waals surface area contributed by atoms with Crippen LogP contribution in [0.5, 0.6) is 0 Å². The molecule has 0 bridgehead atoms. The van der Waals surface area contributed by atoms with Gasteiger partial charge in [0.15, 0.2) is 0 Å². The van der Waals surface area contributed by atoms with Crippen LogP contribution in [-0.2, 0) is 10.2 Å². The van der Waals surface area contributed by atoms with E-state index in [-0.39, 0.29) is 5.91 Å². The van der Waals surface area contributed by atoms with Crippen LogP contribution in [0.3, 0.4) is 0 Å². The van der Waals surface area contributed by atoms with E-state index in [4.69, 9.17) is 5.84 Å². The van der Waals surface area contributed by atoms with Crippen LogP contribution in [0.25, 0.3) is 0 Å². The molecule has 0 aliphatic carbocycles. The molecule has 1 unspecified atom stereocenters. The number of rotatable bonds is 7. The van der Waals surface area contributed by atoms with Crippen molar-refractivity contribution in [1.82, 2.24) is 10.2 Å². The van der Waals surface area contributed by atoms with Gasteiger partial charge in [0.05, 0.1) is 5.41 Å². The highest BCUT2D eigenvalue weighted by atomic mass is 16.2. The van der Waals surface area contributed by atoms with Gasteiger partial charge in [0, 0.05) is 19.6 Å². The average molecular weight is 302 g/mol. The highest BCUT2D eigenvalue weighted by molar-refractivity contribution is 5.89. The predicted molar refractivity (Wildman–Crippen MR) is 89.5 cm³/mol. The molecule has 0 saturated carbocycles. The Hall–Kier alpha value is -2.04. The summed E-state index contributed by atoms with van der Waals surface area (Å²) < 4.78 is 0. The van der Waals surface area contributed by atoms with Gasteiger partial charge >= 0.3 is 0 Å². The fourth-order valence-corrected chi connectivity index (χ4v) is 3.32. The third-order valence-corrected chi connectivity index (χ3v) is 4.38. The van der Waals surface area contributed by atoms with Gasteiger partial charge in [-0.3, -0.25) is 4.79 Å². The van der Waals surface area contributed by atoms with E-state index in [2.05, 4.69) is 17.3 Å². The highest BCUT2D eigenvalue weighted by Crippen LogP contribution is 2.32. The zero-order valence-electron chi connectivity index (χ0n) is 13.3. The van der Waals surface area contributed by atoms with Crippen molar-refractivity contribution in [3.8, 4) is 0 Å². The van der Waals surface area contributed by atoms with Crippen molar-refractivity contribution in [1.29, 1.82) is 0 Å². The Labute approximate surface area is 132 Å². The number of carbonyl (C=O) groups excluding carboxylic acids is 1. The molecular formula is C17H26N4O. The maximum atomic E-state index is 13.3. The zero-order valence-corrected chi connectivity index (χ0v) is 13.3. The lowest BCUT2D eigenvalue weighted by atomic mass is 9.75. The first-order valence-electron chi connectivity index (χ1n) is 8.04. The second-order valence-electron chi connectivity index (χ2n) is 5.86. The quantitative estimate of drug-likeness (QED) is 0.349. The van der Waals surface area contributed by atoms with E-state index in [9.17, 15) is 4.79 Å². The van der Waals surface area contributed by atoms with Crippen molar-refractivity contribution in [3.63, 3.8) is 0 Å². The number of hydrogen-bond acceptors (Lipinski definition) is 3. The van der Waals surface area contributed by atoms with Crippen molar-refractivity contribution in [2.75, 3.05) is 19.6 Å². The first-order valence-corrected chi connectivity index (χ1v) is 8.04. The van der Waals surface area contributed by atoms with Crippen LogP contribution < -0.4 is 11.2 Å². The minimum absolute atomic E-state index is 0.218. The molecule has 120 valence electrons. The lowest BCUT2D eigenvalue weighted by molar-refractivity contribution is -0.136. The predicted octanol–water partition coefficient (Wildman–Crippen LogP) is 1.84. The van der Waals surface area contributed by atoms with E-state index in [1.807, 2.05) is 35.2 Å². The first kappa shape index (κ1) is 16.3. The Bertz CT molecular complexity index is 497. The largest absolute Gasteiger partial charge is 0.373 e. The molecule has 1 fully saturated rings. The van der Waals surface area contributed by atoms with Gasteiger partial charge in [-0.1, -0.05) is 43.7 Å². The molecule has 5 nitrogen and oxygen atoms in total. The second kappa shape index (κ2) is 7.82. The minimum atomic E-state index is -0.554. The van der Waals surface area contributed by atoms with Gasteiger partial charge in [-0.15, -0.1) is 0 Å². The molecule has 0 aromatic heterocycles. The van der Waals surface area contributed by atoms with Crippen molar-refractivity contribution >= 4 is 12.2 Å². The highest BCUT2D eigenvalue weighted by Gasteiger charge is 2.42. The van der Waals surface area contributed by atoms with Gasteiger partial charge in [0.2, 0.25) is 5.91 Å². The van der Waals surface area contributed by atoms with Gasteiger partial charge in [-0.05, 0) is 24.8 Å². The van der Waals surface area contributed by atoms with Crippen LogP contribution >= 0.6 is 0 Å². The summed E-state index contributed by atoms with van der Waals surface area (Å²) in [6.07, 6.45) is 5.40. The third kappa shape index (κ3) is 3.40. The fraction of sp³-hybridized carbons (Fsp3) is 0.529. The maximum absolute atomic E-state index is 13.3. The van der Waals surface area contributed by atoms with Crippen molar-refractivity contribution in [3.05, 3.63) is 35.9 Å². The Morgan fingerprint density at radius 1 is 1.36 bits per heavy atom. The number of likely N-dealkylation sites (tertiary alicyclic amines) is 1. The summed E-state index contributed by atoms with van der Waals surface area (Å²) in [5, 5.41) is 6.59. The van der Waals surface area contributed by atoms with Crippen molar-refractivity contribution < 1.29 is 4.79 Å². The molecule has 1 heterocycles. The van der Waals surface area contributed by atoms with Crippen molar-refractivity contribution in [2.45, 2.75) is 38.0 Å². The van der Waals surface area contributed by atoms with E-state index in [1.54, 1.807) is 0 Å². The number of nitrogens with two attached hydrogens (primary N) is 1. The van der Waals surface area contributed by atoms with Crippen LogP contribution in [0.1, 0.15) is 38.2 Å². The fourth-order valence-electron chi connectivity index (χ4n) is 3.32. The topological polar surface area (TPSA) is 70.7 Å². The summed E-state index contributed by atoms with van der Waals surface area (Å²) in [7, 11) is 0. The summed E-state index contributed by atoms with van der Waals surface area (Å²) in [5.41, 5.74) is 0.508. The summed E-state index contributed by atoms with van der Waals surface area (Å²) >= 11 is 0. The van der Waals surface area contributed by atoms with Gasteiger partial charge in [-0.2, -0.15) is 5.10 Å². The lowest BCUT2D eigenvalue weighted by Crippen LogP contribution is -2.51. The Morgan fingerprint density at radius 3 is 2.64 bits per heavy atom. The van der Waals surface area contributed by atoms with Crippen LogP contribution in [-0.4, -0.2) is 36.8 Å². The van der Waals surface area contributed by atoms with Crippen LogP contribution in [0.2, 0.25) is 0 Å². The zero-order chi connectivity index (χ0) is 15.8. The van der Waals surface area contributed by atoms with E-state index in [1.165, 1.54) is 6.34 Å². The number of hydrazone groups is 1. The molecule has 3 N–H and O–H groups in total. The van der Waals surface area contributed by atoms with Gasteiger partial charge in [0.25, 0.3) is 0 Å². The molecule has 1 atom stereocenters. The lowest BCUT2D eigenvalue weighted by Gasteiger charge is -2.36. The molecule has 1 aromatic rings. The standard InChI is InChI=1S/C17H26N4O/c1-2-10-17(13-19-14-20-18,15-8-4-3-5-9-15)16(22)21-11-6-7-12-21/h3-5,8-9,14H,2,6-7,10-13,18H2,1H3,(H,19,20). The normalized spacial score (nSPS) is 17.6. The van der Waals surface area contributed by atoms with Crippen LogP contribution in [0.4, 0.5) is 0 Å². The summed E-state index contributed by atoms with van der Waals surface area (Å²) in [6, 6.07) is 10.1.